The summed E-state index contributed by atoms with van der Waals surface area (Å²) >= 11 is 1.78. The molecule has 2 aromatic carbocycles. The predicted octanol–water partition coefficient (Wildman–Crippen LogP) is 0.358. The smallest absolute Gasteiger partial charge is 0.279 e. The molecule has 27 heavy (non-hydrogen) atoms. The first-order valence-corrected chi connectivity index (χ1v) is 10.0. The number of hydrogen-bond donors (Lipinski definition) is 3. The molecule has 0 spiro atoms. The summed E-state index contributed by atoms with van der Waals surface area (Å²) in [6, 6.07) is 14.1. The number of para-hydroxylation sites is 1. The van der Waals surface area contributed by atoms with Crippen LogP contribution in [0.25, 0.3) is 10.2 Å². The van der Waals surface area contributed by atoms with Crippen LogP contribution >= 0.6 is 11.3 Å². The number of anilines is 1. The predicted molar refractivity (Wildman–Crippen MR) is 105 cm³/mol. The highest BCUT2D eigenvalue weighted by Gasteiger charge is 2.25. The molecule has 2 heterocycles. The van der Waals surface area contributed by atoms with Crippen molar-refractivity contribution >= 4 is 33.1 Å². The highest BCUT2D eigenvalue weighted by molar-refractivity contribution is 7.18. The first-order chi connectivity index (χ1) is 13.2. The van der Waals surface area contributed by atoms with E-state index in [4.69, 9.17) is 4.98 Å². The van der Waals surface area contributed by atoms with Crippen LogP contribution in [0.2, 0.25) is 0 Å². The average molecular weight is 386 g/mol. The molecular formula is C20H23FN4OS+2. The van der Waals surface area contributed by atoms with Gasteiger partial charge in [-0.2, -0.15) is 0 Å². The van der Waals surface area contributed by atoms with Crippen molar-refractivity contribution in [3.63, 3.8) is 0 Å². The monoisotopic (exact) mass is 386 g/mol. The second-order valence-corrected chi connectivity index (χ2v) is 8.10. The van der Waals surface area contributed by atoms with E-state index >= 15 is 0 Å². The fourth-order valence-electron chi connectivity index (χ4n) is 3.49. The van der Waals surface area contributed by atoms with Crippen molar-refractivity contribution in [1.82, 2.24) is 4.98 Å². The molecular weight excluding hydrogens is 363 g/mol. The molecule has 7 heteroatoms. The van der Waals surface area contributed by atoms with Gasteiger partial charge in [0.25, 0.3) is 5.91 Å². The molecule has 5 nitrogen and oxygen atoms in total. The number of nitrogens with zero attached hydrogens (tertiary/aromatic N) is 1. The summed E-state index contributed by atoms with van der Waals surface area (Å²) in [5.74, 6) is -0.322. The molecule has 0 radical (unpaired) electrons. The van der Waals surface area contributed by atoms with Crippen LogP contribution in [0, 0.1) is 5.82 Å². The molecule has 1 aromatic heterocycles. The number of hydrogen-bond acceptors (Lipinski definition) is 3. The van der Waals surface area contributed by atoms with Gasteiger partial charge < -0.3 is 15.1 Å². The van der Waals surface area contributed by atoms with Gasteiger partial charge in [0, 0.05) is 5.69 Å². The quantitative estimate of drug-likeness (QED) is 0.593. The summed E-state index contributed by atoms with van der Waals surface area (Å²) in [5.41, 5.74) is 1.72. The minimum Gasteiger partial charge on any atom is -0.321 e. The third kappa shape index (κ3) is 4.68. The normalized spacial score (nSPS) is 19.9. The number of quaternary nitrogens is 2. The zero-order valence-corrected chi connectivity index (χ0v) is 15.8. The van der Waals surface area contributed by atoms with E-state index in [1.165, 1.54) is 31.6 Å². The van der Waals surface area contributed by atoms with Crippen molar-refractivity contribution < 1.29 is 19.0 Å². The maximum Gasteiger partial charge on any atom is 0.279 e. The van der Waals surface area contributed by atoms with Gasteiger partial charge in [-0.05, 0) is 36.4 Å². The Morgan fingerprint density at radius 3 is 2.48 bits per heavy atom. The van der Waals surface area contributed by atoms with Crippen LogP contribution < -0.4 is 15.1 Å². The number of thiazole rings is 1. The molecule has 1 fully saturated rings. The van der Waals surface area contributed by atoms with E-state index in [0.717, 1.165) is 38.2 Å². The molecule has 3 N–H and O–H groups in total. The number of aromatic nitrogens is 1. The summed E-state index contributed by atoms with van der Waals surface area (Å²) in [5, 5.41) is 4.02. The number of benzene rings is 2. The van der Waals surface area contributed by atoms with E-state index in [0.29, 0.717) is 12.2 Å². The van der Waals surface area contributed by atoms with E-state index in [1.54, 1.807) is 23.5 Å². The molecule has 4 rings (SSSR count). The minimum atomic E-state index is -0.300. The maximum absolute atomic E-state index is 12.9. The Balaban J connectivity index is 1.24. The Labute approximate surface area is 161 Å². The zero-order chi connectivity index (χ0) is 18.6. The Morgan fingerprint density at radius 2 is 1.74 bits per heavy atom. The van der Waals surface area contributed by atoms with Crippen LogP contribution in [0.15, 0.2) is 48.5 Å². The number of carbonyl (C=O) groups is 1. The summed E-state index contributed by atoms with van der Waals surface area (Å²) in [4.78, 5) is 19.7. The first-order valence-electron chi connectivity index (χ1n) is 9.23. The highest BCUT2D eigenvalue weighted by atomic mass is 32.1. The van der Waals surface area contributed by atoms with Crippen molar-refractivity contribution in [3.8, 4) is 0 Å². The van der Waals surface area contributed by atoms with Gasteiger partial charge in [0.2, 0.25) is 0 Å². The molecule has 1 amide bonds. The van der Waals surface area contributed by atoms with Gasteiger partial charge in [-0.3, -0.25) is 4.79 Å². The minimum absolute atomic E-state index is 0.0220. The Morgan fingerprint density at radius 1 is 1.04 bits per heavy atom. The number of fused-ring (bicyclic) bond motifs is 1. The summed E-state index contributed by atoms with van der Waals surface area (Å²) < 4.78 is 14.2. The van der Waals surface area contributed by atoms with Crippen molar-refractivity contribution in [2.24, 2.45) is 0 Å². The lowest BCUT2D eigenvalue weighted by Gasteiger charge is -2.28. The van der Waals surface area contributed by atoms with E-state index < -0.39 is 0 Å². The Bertz CT molecular complexity index is 886. The van der Waals surface area contributed by atoms with Gasteiger partial charge in [-0.1, -0.05) is 12.1 Å². The van der Waals surface area contributed by atoms with Gasteiger partial charge in [0.05, 0.1) is 10.2 Å². The molecule has 0 unspecified atom stereocenters. The van der Waals surface area contributed by atoms with Crippen molar-refractivity contribution in [2.45, 2.75) is 6.54 Å². The Hall–Kier alpha value is -2.35. The molecule has 0 aliphatic carbocycles. The number of nitrogens with one attached hydrogen (secondary N) is 3. The maximum atomic E-state index is 12.9. The molecule has 0 atom stereocenters. The molecule has 1 saturated heterocycles. The van der Waals surface area contributed by atoms with E-state index in [-0.39, 0.29) is 11.7 Å². The number of carbonyl (C=O) groups excluding carboxylic acids is 1. The zero-order valence-electron chi connectivity index (χ0n) is 15.0. The second-order valence-electron chi connectivity index (χ2n) is 6.98. The lowest BCUT2D eigenvalue weighted by atomic mass is 10.3. The topological polar surface area (TPSA) is 50.9 Å². The van der Waals surface area contributed by atoms with Crippen molar-refractivity contribution in [1.29, 1.82) is 0 Å². The standard InChI is InChI=1S/C20H21FN4OS/c21-15-5-7-16(8-6-15)22-19(26)13-24-9-11-25(12-10-24)14-20-23-17-3-1-2-4-18(17)27-20/h1-8H,9-14H2,(H,22,26)/p+2. The second kappa shape index (κ2) is 8.12. The molecule has 140 valence electrons. The largest absolute Gasteiger partial charge is 0.321 e. The lowest BCUT2D eigenvalue weighted by molar-refractivity contribution is -1.01. The van der Waals surface area contributed by atoms with Crippen molar-refractivity contribution in [2.75, 3.05) is 38.0 Å². The third-order valence-electron chi connectivity index (χ3n) is 4.94. The number of piperazine rings is 1. The van der Waals surface area contributed by atoms with Crippen LogP contribution in [0.3, 0.4) is 0 Å². The van der Waals surface area contributed by atoms with E-state index in [9.17, 15) is 9.18 Å². The molecule has 1 aliphatic heterocycles. The van der Waals surface area contributed by atoms with Gasteiger partial charge >= 0.3 is 0 Å². The molecule has 0 saturated carbocycles. The summed E-state index contributed by atoms with van der Waals surface area (Å²) in [6.07, 6.45) is 0. The molecule has 3 aromatic rings. The van der Waals surface area contributed by atoms with Crippen LogP contribution in [0.4, 0.5) is 10.1 Å². The number of halogens is 1. The summed E-state index contributed by atoms with van der Waals surface area (Å²) in [7, 11) is 0. The fourth-order valence-corrected chi connectivity index (χ4v) is 4.52. The number of amides is 1. The van der Waals surface area contributed by atoms with Gasteiger partial charge in [0.1, 0.15) is 43.5 Å². The van der Waals surface area contributed by atoms with Crippen molar-refractivity contribution in [3.05, 3.63) is 59.4 Å². The van der Waals surface area contributed by atoms with E-state index in [2.05, 4.69) is 23.5 Å². The highest BCUT2D eigenvalue weighted by Crippen LogP contribution is 2.20. The van der Waals surface area contributed by atoms with Gasteiger partial charge in [0.15, 0.2) is 6.54 Å². The molecule has 1 aliphatic rings. The SMILES string of the molecule is O=C(C[NH+]1CC[NH+](Cc2nc3ccccc3s2)CC1)Nc1ccc(F)cc1. The average Bonchev–Trinajstić information content (AvgIpc) is 3.07. The van der Waals surface area contributed by atoms with Crippen LogP contribution in [-0.4, -0.2) is 43.6 Å². The van der Waals surface area contributed by atoms with Gasteiger partial charge in [-0.15, -0.1) is 11.3 Å². The van der Waals surface area contributed by atoms with E-state index in [1.807, 2.05) is 6.07 Å². The third-order valence-corrected chi connectivity index (χ3v) is 5.98. The molecule has 0 bridgehead atoms. The summed E-state index contributed by atoms with van der Waals surface area (Å²) in [6.45, 7) is 5.42. The number of rotatable bonds is 5. The van der Waals surface area contributed by atoms with Crippen LogP contribution in [0.1, 0.15) is 5.01 Å². The first kappa shape index (κ1) is 18.0. The lowest BCUT2D eigenvalue weighted by Crippen LogP contribution is -3.28. The van der Waals surface area contributed by atoms with Crippen LogP contribution in [-0.2, 0) is 11.3 Å². The fraction of sp³-hybridized carbons (Fsp3) is 0.300. The van der Waals surface area contributed by atoms with Crippen LogP contribution in [0.5, 0.6) is 0 Å². The Kier molecular flexibility index (Phi) is 5.42. The van der Waals surface area contributed by atoms with Gasteiger partial charge in [-0.25, -0.2) is 9.37 Å².